The third-order valence-corrected chi connectivity index (χ3v) is 3.02. The molecule has 1 aromatic heterocycles. The van der Waals surface area contributed by atoms with Crippen molar-refractivity contribution in [1.29, 1.82) is 5.26 Å². The van der Waals surface area contributed by atoms with Crippen molar-refractivity contribution in [2.75, 3.05) is 36.8 Å². The highest BCUT2D eigenvalue weighted by molar-refractivity contribution is 5.65. The van der Waals surface area contributed by atoms with Gasteiger partial charge in [-0.3, -0.25) is 0 Å². The molecular formula is C11H18N6. The molecular weight excluding hydrogens is 216 g/mol. The smallest absolute Gasteiger partial charge is 0.170 e. The zero-order valence-electron chi connectivity index (χ0n) is 10.1. The van der Waals surface area contributed by atoms with E-state index in [2.05, 4.69) is 21.4 Å². The van der Waals surface area contributed by atoms with E-state index in [1.165, 1.54) is 0 Å². The molecule has 0 radical (unpaired) electrons. The Morgan fingerprint density at radius 1 is 1.47 bits per heavy atom. The highest BCUT2D eigenvalue weighted by Crippen LogP contribution is 2.24. The number of anilines is 2. The molecule has 6 nitrogen and oxygen atoms in total. The maximum Gasteiger partial charge on any atom is 0.170 e. The molecule has 1 aromatic rings. The van der Waals surface area contributed by atoms with E-state index < -0.39 is 0 Å². The number of nitriles is 1. The number of rotatable bonds is 2. The highest BCUT2D eigenvalue weighted by Gasteiger charge is 2.20. The van der Waals surface area contributed by atoms with Crippen LogP contribution in [0.2, 0.25) is 0 Å². The van der Waals surface area contributed by atoms with Crippen molar-refractivity contribution < 1.29 is 0 Å². The van der Waals surface area contributed by atoms with Gasteiger partial charge < -0.3 is 16.0 Å². The first-order chi connectivity index (χ1) is 8.27. The van der Waals surface area contributed by atoms with Crippen LogP contribution in [0.15, 0.2) is 0 Å². The number of nitrogens with two attached hydrogens (primary N) is 1. The second-order valence-corrected chi connectivity index (χ2v) is 4.10. The van der Waals surface area contributed by atoms with Crippen LogP contribution in [-0.4, -0.2) is 36.0 Å². The topological polar surface area (TPSA) is 82.9 Å². The average molecular weight is 234 g/mol. The van der Waals surface area contributed by atoms with Gasteiger partial charge in [-0.05, 0) is 19.9 Å². The van der Waals surface area contributed by atoms with Crippen molar-refractivity contribution in [3.05, 3.63) is 5.56 Å². The minimum absolute atomic E-state index is 0.474. The van der Waals surface area contributed by atoms with Gasteiger partial charge in [-0.15, -0.1) is 0 Å². The largest absolute Gasteiger partial charge is 0.383 e. The van der Waals surface area contributed by atoms with Gasteiger partial charge in [0, 0.05) is 26.2 Å². The van der Waals surface area contributed by atoms with Gasteiger partial charge in [-0.2, -0.15) is 10.4 Å². The summed E-state index contributed by atoms with van der Waals surface area (Å²) in [4.78, 5) is 2.14. The molecule has 17 heavy (non-hydrogen) atoms. The SMILES string of the molecule is CCn1nc(N2CCCNCC2)c(C#N)c1N. The Labute approximate surface area is 101 Å². The molecule has 1 saturated heterocycles. The molecule has 0 spiro atoms. The Kier molecular flexibility index (Phi) is 3.49. The fraction of sp³-hybridized carbons (Fsp3) is 0.636. The molecule has 3 N–H and O–H groups in total. The lowest BCUT2D eigenvalue weighted by atomic mass is 10.3. The predicted octanol–water partition coefficient (Wildman–Crippen LogP) is 0.157. The van der Waals surface area contributed by atoms with Crippen LogP contribution < -0.4 is 16.0 Å². The molecule has 92 valence electrons. The van der Waals surface area contributed by atoms with E-state index >= 15 is 0 Å². The van der Waals surface area contributed by atoms with Crippen LogP contribution in [0.1, 0.15) is 18.9 Å². The number of aromatic nitrogens is 2. The van der Waals surface area contributed by atoms with Gasteiger partial charge in [0.1, 0.15) is 17.5 Å². The third-order valence-electron chi connectivity index (χ3n) is 3.02. The highest BCUT2D eigenvalue weighted by atomic mass is 15.4. The molecule has 0 atom stereocenters. The second-order valence-electron chi connectivity index (χ2n) is 4.10. The van der Waals surface area contributed by atoms with Gasteiger partial charge in [0.05, 0.1) is 0 Å². The van der Waals surface area contributed by atoms with Crippen LogP contribution in [0.4, 0.5) is 11.6 Å². The van der Waals surface area contributed by atoms with Gasteiger partial charge in [-0.25, -0.2) is 4.68 Å². The minimum atomic E-state index is 0.474. The molecule has 1 fully saturated rings. The lowest BCUT2D eigenvalue weighted by Crippen LogP contribution is -2.28. The first kappa shape index (κ1) is 11.7. The van der Waals surface area contributed by atoms with Crippen LogP contribution in [0, 0.1) is 11.3 Å². The van der Waals surface area contributed by atoms with E-state index in [0.29, 0.717) is 17.9 Å². The second kappa shape index (κ2) is 5.06. The number of aryl methyl sites for hydroxylation is 1. The monoisotopic (exact) mass is 234 g/mol. The summed E-state index contributed by atoms with van der Waals surface area (Å²) in [5.41, 5.74) is 6.41. The van der Waals surface area contributed by atoms with E-state index in [1.54, 1.807) is 4.68 Å². The molecule has 0 bridgehead atoms. The van der Waals surface area contributed by atoms with Gasteiger partial charge >= 0.3 is 0 Å². The molecule has 2 heterocycles. The number of nitrogens with one attached hydrogen (secondary N) is 1. The van der Waals surface area contributed by atoms with Crippen molar-refractivity contribution in [2.45, 2.75) is 19.9 Å². The van der Waals surface area contributed by atoms with E-state index in [4.69, 9.17) is 5.73 Å². The maximum atomic E-state index is 9.18. The van der Waals surface area contributed by atoms with Gasteiger partial charge in [-0.1, -0.05) is 0 Å². The normalized spacial score (nSPS) is 16.6. The van der Waals surface area contributed by atoms with Crippen LogP contribution in [0.5, 0.6) is 0 Å². The standard InChI is InChI=1S/C11H18N6/c1-2-17-10(13)9(8-12)11(15-17)16-6-3-4-14-5-7-16/h14H,2-7,13H2,1H3. The zero-order chi connectivity index (χ0) is 12.3. The van der Waals surface area contributed by atoms with E-state index in [0.717, 1.165) is 38.4 Å². The summed E-state index contributed by atoms with van der Waals surface area (Å²) in [6.07, 6.45) is 1.06. The molecule has 0 aromatic carbocycles. The molecule has 1 aliphatic rings. The lowest BCUT2D eigenvalue weighted by Gasteiger charge is -2.19. The Balaban J connectivity index is 2.33. The summed E-state index contributed by atoms with van der Waals surface area (Å²) in [5, 5.41) is 16.9. The van der Waals surface area contributed by atoms with Crippen LogP contribution in [-0.2, 0) is 6.54 Å². The lowest BCUT2D eigenvalue weighted by molar-refractivity contribution is 0.660. The first-order valence-corrected chi connectivity index (χ1v) is 6.00. The van der Waals surface area contributed by atoms with Gasteiger partial charge in [0.15, 0.2) is 5.82 Å². The summed E-state index contributed by atoms with van der Waals surface area (Å²) >= 11 is 0. The van der Waals surface area contributed by atoms with Crippen molar-refractivity contribution in [1.82, 2.24) is 15.1 Å². The van der Waals surface area contributed by atoms with E-state index in [1.807, 2.05) is 6.92 Å². The van der Waals surface area contributed by atoms with Gasteiger partial charge in [0.2, 0.25) is 0 Å². The summed E-state index contributed by atoms with van der Waals surface area (Å²) in [6, 6.07) is 2.17. The predicted molar refractivity (Wildman–Crippen MR) is 66.7 cm³/mol. The van der Waals surface area contributed by atoms with Crippen molar-refractivity contribution in [3.8, 4) is 6.07 Å². The molecule has 0 amide bonds. The third kappa shape index (κ3) is 2.19. The Morgan fingerprint density at radius 2 is 2.29 bits per heavy atom. The van der Waals surface area contributed by atoms with Gasteiger partial charge in [0.25, 0.3) is 0 Å². The zero-order valence-corrected chi connectivity index (χ0v) is 10.1. The van der Waals surface area contributed by atoms with Crippen molar-refractivity contribution in [2.24, 2.45) is 0 Å². The van der Waals surface area contributed by atoms with E-state index in [-0.39, 0.29) is 0 Å². The van der Waals surface area contributed by atoms with Crippen LogP contribution in [0.25, 0.3) is 0 Å². The molecule has 6 heteroatoms. The minimum Gasteiger partial charge on any atom is -0.383 e. The summed E-state index contributed by atoms with van der Waals surface area (Å²) in [6.45, 7) is 6.38. The molecule has 0 unspecified atom stereocenters. The molecule has 2 rings (SSSR count). The average Bonchev–Trinajstić information content (AvgIpc) is 2.55. The summed E-state index contributed by atoms with van der Waals surface area (Å²) in [7, 11) is 0. The van der Waals surface area contributed by atoms with Crippen LogP contribution >= 0.6 is 0 Å². The maximum absolute atomic E-state index is 9.18. The summed E-state index contributed by atoms with van der Waals surface area (Å²) < 4.78 is 1.69. The number of nitrogens with zero attached hydrogens (tertiary/aromatic N) is 4. The number of nitrogen functional groups attached to an aromatic ring is 1. The Morgan fingerprint density at radius 3 is 3.00 bits per heavy atom. The van der Waals surface area contributed by atoms with E-state index in [9.17, 15) is 5.26 Å². The number of hydrogen-bond donors (Lipinski definition) is 2. The Hall–Kier alpha value is -1.74. The van der Waals surface area contributed by atoms with Crippen molar-refractivity contribution in [3.63, 3.8) is 0 Å². The van der Waals surface area contributed by atoms with Crippen LogP contribution in [0.3, 0.4) is 0 Å². The summed E-state index contributed by atoms with van der Waals surface area (Å²) in [5.74, 6) is 1.21. The first-order valence-electron chi connectivity index (χ1n) is 6.00. The van der Waals surface area contributed by atoms with Crippen molar-refractivity contribution >= 4 is 11.6 Å². The molecule has 0 saturated carbocycles. The molecule has 0 aliphatic carbocycles. The fourth-order valence-electron chi connectivity index (χ4n) is 2.09. The quantitative estimate of drug-likeness (QED) is 0.761. The fourth-order valence-corrected chi connectivity index (χ4v) is 2.09. The Bertz CT molecular complexity index is 422. The number of hydrogen-bond acceptors (Lipinski definition) is 5. The molecule has 1 aliphatic heterocycles.